The fourth-order valence-electron chi connectivity index (χ4n) is 3.03. The topological polar surface area (TPSA) is 99.1 Å². The van der Waals surface area contributed by atoms with E-state index in [2.05, 4.69) is 10.2 Å². The van der Waals surface area contributed by atoms with Gasteiger partial charge in [0.15, 0.2) is 6.04 Å². The van der Waals surface area contributed by atoms with E-state index < -0.39 is 29.8 Å². The van der Waals surface area contributed by atoms with Gasteiger partial charge in [-0.15, -0.1) is 11.3 Å². The quantitative estimate of drug-likeness (QED) is 0.681. The molecule has 2 atom stereocenters. The van der Waals surface area contributed by atoms with Crippen LogP contribution in [0.2, 0.25) is 0 Å². The van der Waals surface area contributed by atoms with Crippen LogP contribution in [0.5, 0.6) is 0 Å². The Bertz CT molecular complexity index is 632. The summed E-state index contributed by atoms with van der Waals surface area (Å²) in [4.78, 5) is 27.4. The Morgan fingerprint density at radius 2 is 1.85 bits per heavy atom. The number of aliphatic hydroxyl groups excluding tert-OH is 1. The average Bonchev–Trinajstić information content (AvgIpc) is 2.86. The average molecular weight is 399 g/mol. The largest absolute Gasteiger partial charge is 0.480 e. The highest BCUT2D eigenvalue weighted by molar-refractivity contribution is 7.12. The summed E-state index contributed by atoms with van der Waals surface area (Å²) >= 11 is 1.38. The Kier molecular flexibility index (Phi) is 7.64. The van der Waals surface area contributed by atoms with Crippen LogP contribution in [0.4, 0.5) is 4.79 Å². The molecule has 0 aliphatic carbocycles. The molecule has 1 saturated heterocycles. The molecule has 3 N–H and O–H groups in total. The second kappa shape index (κ2) is 9.52. The Balaban J connectivity index is 2.00. The molecular weight excluding hydrogens is 368 g/mol. The number of nitrogens with one attached hydrogen (secondary N) is 1. The molecule has 2 heterocycles. The summed E-state index contributed by atoms with van der Waals surface area (Å²) < 4.78 is 5.09. The maximum atomic E-state index is 11.9. The minimum Gasteiger partial charge on any atom is -0.480 e. The van der Waals surface area contributed by atoms with Gasteiger partial charge < -0.3 is 20.3 Å². The third-order valence-electron chi connectivity index (χ3n) is 4.31. The van der Waals surface area contributed by atoms with Crippen LogP contribution < -0.4 is 5.32 Å². The maximum absolute atomic E-state index is 11.9. The summed E-state index contributed by atoms with van der Waals surface area (Å²) in [6, 6.07) is 2.18. The van der Waals surface area contributed by atoms with Crippen molar-refractivity contribution in [1.29, 1.82) is 0 Å². The van der Waals surface area contributed by atoms with Crippen molar-refractivity contribution in [3.05, 3.63) is 21.9 Å². The monoisotopic (exact) mass is 398 g/mol. The van der Waals surface area contributed by atoms with Crippen LogP contribution in [0, 0.1) is 0 Å². The molecule has 0 saturated carbocycles. The minimum absolute atomic E-state index is 0.517. The van der Waals surface area contributed by atoms with Gasteiger partial charge in [0.1, 0.15) is 11.7 Å². The molecular formula is C19H30N2O5S. The van der Waals surface area contributed by atoms with Crippen molar-refractivity contribution in [3.63, 3.8) is 0 Å². The molecule has 8 heteroatoms. The molecule has 0 aromatic carbocycles. The van der Waals surface area contributed by atoms with Gasteiger partial charge in [-0.05, 0) is 58.8 Å². The lowest BCUT2D eigenvalue weighted by atomic mass is 10.1. The molecule has 7 nitrogen and oxygen atoms in total. The molecule has 2 unspecified atom stereocenters. The molecule has 0 bridgehead atoms. The zero-order valence-corrected chi connectivity index (χ0v) is 17.1. The summed E-state index contributed by atoms with van der Waals surface area (Å²) in [5, 5.41) is 22.2. The first-order chi connectivity index (χ1) is 12.7. The molecule has 152 valence electrons. The Labute approximate surface area is 164 Å². The molecule has 0 radical (unpaired) electrons. The second-order valence-electron chi connectivity index (χ2n) is 7.90. The lowest BCUT2D eigenvalue weighted by molar-refractivity contribution is -0.142. The lowest BCUT2D eigenvalue weighted by Crippen LogP contribution is -2.46. The number of carbonyl (C=O) groups is 2. The first-order valence-corrected chi connectivity index (χ1v) is 10.2. The number of ether oxygens (including phenoxy) is 1. The first-order valence-electron chi connectivity index (χ1n) is 9.37. The van der Waals surface area contributed by atoms with E-state index in [0.717, 1.165) is 24.5 Å². The van der Waals surface area contributed by atoms with Crippen LogP contribution in [0.1, 0.15) is 62.3 Å². The molecule has 1 aromatic heterocycles. The highest BCUT2D eigenvalue weighted by Crippen LogP contribution is 2.27. The van der Waals surface area contributed by atoms with E-state index in [-0.39, 0.29) is 0 Å². The SMILES string of the molecule is CC(C)(C)OC(=O)NC(C(=O)O)C(O)c1ccc(CN2CCCCCC2)s1. The molecule has 0 spiro atoms. The first kappa shape index (κ1) is 21.7. The molecule has 1 aliphatic rings. The van der Waals surface area contributed by atoms with Crippen molar-refractivity contribution in [3.8, 4) is 0 Å². The normalized spacial score (nSPS) is 18.4. The van der Waals surface area contributed by atoms with Crippen molar-refractivity contribution < 1.29 is 24.5 Å². The number of hydrogen-bond donors (Lipinski definition) is 3. The number of nitrogens with zero attached hydrogens (tertiary/aromatic N) is 1. The van der Waals surface area contributed by atoms with Gasteiger partial charge in [-0.2, -0.15) is 0 Å². The molecule has 1 amide bonds. The van der Waals surface area contributed by atoms with E-state index in [9.17, 15) is 19.8 Å². The Hall–Kier alpha value is -1.64. The van der Waals surface area contributed by atoms with Gasteiger partial charge in [0.05, 0.1) is 0 Å². The predicted molar refractivity (Wildman–Crippen MR) is 104 cm³/mol. The smallest absolute Gasteiger partial charge is 0.408 e. The number of amides is 1. The van der Waals surface area contributed by atoms with Crippen LogP contribution >= 0.6 is 11.3 Å². The lowest BCUT2D eigenvalue weighted by Gasteiger charge is -2.24. The highest BCUT2D eigenvalue weighted by Gasteiger charge is 2.32. The van der Waals surface area contributed by atoms with Crippen molar-refractivity contribution >= 4 is 23.4 Å². The number of alkyl carbamates (subject to hydrolysis) is 1. The van der Waals surface area contributed by atoms with E-state index >= 15 is 0 Å². The number of likely N-dealkylation sites (tertiary alicyclic amines) is 1. The third kappa shape index (κ3) is 7.12. The number of rotatable bonds is 6. The number of hydrogen-bond acceptors (Lipinski definition) is 6. The van der Waals surface area contributed by atoms with Crippen LogP contribution in [0.15, 0.2) is 12.1 Å². The van der Waals surface area contributed by atoms with Crippen LogP contribution in [0.25, 0.3) is 0 Å². The Morgan fingerprint density at radius 1 is 1.22 bits per heavy atom. The summed E-state index contributed by atoms with van der Waals surface area (Å²) in [7, 11) is 0. The fraction of sp³-hybridized carbons (Fsp3) is 0.684. The number of aliphatic carboxylic acids is 1. The van der Waals surface area contributed by atoms with Crippen molar-refractivity contribution in [2.45, 2.75) is 70.7 Å². The summed E-state index contributed by atoms with van der Waals surface area (Å²) in [6.45, 7) is 7.99. The van der Waals surface area contributed by atoms with Gasteiger partial charge >= 0.3 is 12.1 Å². The summed E-state index contributed by atoms with van der Waals surface area (Å²) in [5.74, 6) is -1.31. The molecule has 1 aliphatic heterocycles. The molecule has 1 aromatic rings. The van der Waals surface area contributed by atoms with Crippen LogP contribution in [0.3, 0.4) is 0 Å². The van der Waals surface area contributed by atoms with E-state index in [1.807, 2.05) is 6.07 Å². The van der Waals surface area contributed by atoms with Gasteiger partial charge in [-0.1, -0.05) is 12.8 Å². The fourth-order valence-corrected chi connectivity index (χ4v) is 4.11. The predicted octanol–water partition coefficient (Wildman–Crippen LogP) is 3.14. The minimum atomic E-state index is -1.47. The van der Waals surface area contributed by atoms with Gasteiger partial charge in [0.2, 0.25) is 0 Å². The maximum Gasteiger partial charge on any atom is 0.408 e. The zero-order chi connectivity index (χ0) is 20.0. The van der Waals surface area contributed by atoms with E-state index in [1.165, 1.54) is 37.0 Å². The zero-order valence-electron chi connectivity index (χ0n) is 16.2. The van der Waals surface area contributed by atoms with Crippen molar-refractivity contribution in [1.82, 2.24) is 10.2 Å². The van der Waals surface area contributed by atoms with Gasteiger partial charge in [0.25, 0.3) is 0 Å². The Morgan fingerprint density at radius 3 is 2.41 bits per heavy atom. The summed E-state index contributed by atoms with van der Waals surface area (Å²) in [5.41, 5.74) is -0.749. The van der Waals surface area contributed by atoms with Crippen molar-refractivity contribution in [2.24, 2.45) is 0 Å². The van der Waals surface area contributed by atoms with Crippen LogP contribution in [-0.2, 0) is 16.1 Å². The molecule has 2 rings (SSSR count). The standard InChI is InChI=1S/C19H30N2O5S/c1-19(2,3)26-18(25)20-15(17(23)24)16(22)14-9-8-13(27-14)12-21-10-6-4-5-7-11-21/h8-9,15-16,22H,4-7,10-12H2,1-3H3,(H,20,25)(H,23,24). The summed E-state index contributed by atoms with van der Waals surface area (Å²) in [6.07, 6.45) is 2.72. The van der Waals surface area contributed by atoms with E-state index in [0.29, 0.717) is 4.88 Å². The van der Waals surface area contributed by atoms with Gasteiger partial charge in [-0.25, -0.2) is 9.59 Å². The van der Waals surface area contributed by atoms with Crippen molar-refractivity contribution in [2.75, 3.05) is 13.1 Å². The molecule has 27 heavy (non-hydrogen) atoms. The third-order valence-corrected chi connectivity index (χ3v) is 5.45. The van der Waals surface area contributed by atoms with E-state index in [4.69, 9.17) is 4.74 Å². The second-order valence-corrected chi connectivity index (χ2v) is 9.10. The van der Waals surface area contributed by atoms with Crippen LogP contribution in [-0.4, -0.2) is 51.9 Å². The highest BCUT2D eigenvalue weighted by atomic mass is 32.1. The van der Waals surface area contributed by atoms with Gasteiger partial charge in [0, 0.05) is 16.3 Å². The number of carbonyl (C=O) groups excluding carboxylic acids is 1. The van der Waals surface area contributed by atoms with Gasteiger partial charge in [-0.3, -0.25) is 4.90 Å². The van der Waals surface area contributed by atoms with E-state index in [1.54, 1.807) is 26.8 Å². The molecule has 1 fully saturated rings. The number of carboxylic acids is 1. The number of aliphatic hydroxyl groups is 1. The number of carboxylic acid groups (broad SMARTS) is 1. The number of thiophene rings is 1.